The van der Waals surface area contributed by atoms with Crippen LogP contribution in [0.2, 0.25) is 0 Å². The molecule has 2 heterocycles. The SMILES string of the molecule is CC(NC(=O)[C@H]1C[C@@H]1c1ccc2cnn(C)c2c1)c1cc2cc(F)ccc2o1. The molecule has 0 radical (unpaired) electrons. The van der Waals surface area contributed by atoms with E-state index in [-0.39, 0.29) is 29.6 Å². The van der Waals surface area contributed by atoms with Crippen molar-refractivity contribution in [2.24, 2.45) is 13.0 Å². The van der Waals surface area contributed by atoms with Crippen molar-refractivity contribution in [3.63, 3.8) is 0 Å². The minimum Gasteiger partial charge on any atom is -0.459 e. The largest absolute Gasteiger partial charge is 0.459 e. The fourth-order valence-corrected chi connectivity index (χ4v) is 3.88. The molecule has 142 valence electrons. The Labute approximate surface area is 161 Å². The van der Waals surface area contributed by atoms with Gasteiger partial charge in [-0.1, -0.05) is 12.1 Å². The van der Waals surface area contributed by atoms with Gasteiger partial charge in [-0.3, -0.25) is 9.48 Å². The lowest BCUT2D eigenvalue weighted by Gasteiger charge is -2.11. The van der Waals surface area contributed by atoms with Gasteiger partial charge in [0.2, 0.25) is 5.91 Å². The maximum atomic E-state index is 13.4. The van der Waals surface area contributed by atoms with E-state index in [1.807, 2.05) is 24.9 Å². The molecule has 1 aliphatic carbocycles. The number of carbonyl (C=O) groups excluding carboxylic acids is 1. The second kappa shape index (κ2) is 6.19. The summed E-state index contributed by atoms with van der Waals surface area (Å²) in [4.78, 5) is 12.7. The van der Waals surface area contributed by atoms with Gasteiger partial charge in [-0.25, -0.2) is 4.39 Å². The maximum absolute atomic E-state index is 13.4. The molecule has 0 aliphatic heterocycles. The first kappa shape index (κ1) is 17.0. The molecule has 1 aliphatic rings. The minimum absolute atomic E-state index is 0.0224. The molecule has 0 spiro atoms. The molecule has 2 aromatic carbocycles. The van der Waals surface area contributed by atoms with Crippen LogP contribution in [0.5, 0.6) is 0 Å². The zero-order chi connectivity index (χ0) is 19.4. The number of nitrogens with zero attached hydrogens (tertiary/aromatic N) is 2. The van der Waals surface area contributed by atoms with Crippen molar-refractivity contribution in [1.29, 1.82) is 0 Å². The smallest absolute Gasteiger partial charge is 0.224 e. The van der Waals surface area contributed by atoms with Crippen molar-refractivity contribution >= 4 is 27.8 Å². The van der Waals surface area contributed by atoms with Gasteiger partial charge in [-0.2, -0.15) is 5.10 Å². The van der Waals surface area contributed by atoms with Gasteiger partial charge in [0, 0.05) is 23.7 Å². The number of carbonyl (C=O) groups is 1. The van der Waals surface area contributed by atoms with Gasteiger partial charge in [-0.05, 0) is 55.2 Å². The van der Waals surface area contributed by atoms with Gasteiger partial charge in [0.25, 0.3) is 0 Å². The zero-order valence-electron chi connectivity index (χ0n) is 15.6. The number of aryl methyl sites for hydroxylation is 1. The molecule has 3 atom stereocenters. The van der Waals surface area contributed by atoms with Crippen LogP contribution in [-0.4, -0.2) is 15.7 Å². The Hall–Kier alpha value is -3.15. The van der Waals surface area contributed by atoms with E-state index in [0.29, 0.717) is 16.7 Å². The third-order valence-corrected chi connectivity index (χ3v) is 5.61. The summed E-state index contributed by atoms with van der Waals surface area (Å²) in [6.45, 7) is 1.88. The van der Waals surface area contributed by atoms with Gasteiger partial charge < -0.3 is 9.73 Å². The number of rotatable bonds is 4. The summed E-state index contributed by atoms with van der Waals surface area (Å²) >= 11 is 0. The highest BCUT2D eigenvalue weighted by Gasteiger charge is 2.44. The first-order valence-corrected chi connectivity index (χ1v) is 9.40. The minimum atomic E-state index is -0.303. The average molecular weight is 377 g/mol. The quantitative estimate of drug-likeness (QED) is 0.572. The lowest BCUT2D eigenvalue weighted by atomic mass is 10.1. The Morgan fingerprint density at radius 2 is 2.11 bits per heavy atom. The number of benzene rings is 2. The molecule has 2 aromatic heterocycles. The average Bonchev–Trinajstić information content (AvgIpc) is 3.25. The highest BCUT2D eigenvalue weighted by atomic mass is 19.1. The van der Waals surface area contributed by atoms with Crippen LogP contribution in [-0.2, 0) is 11.8 Å². The van der Waals surface area contributed by atoms with Gasteiger partial charge in [0.15, 0.2) is 0 Å². The van der Waals surface area contributed by atoms with E-state index in [9.17, 15) is 9.18 Å². The summed E-state index contributed by atoms with van der Waals surface area (Å²) in [5.41, 5.74) is 2.86. The Bertz CT molecular complexity index is 1210. The van der Waals surface area contributed by atoms with Crippen LogP contribution in [0.25, 0.3) is 21.9 Å². The molecule has 1 amide bonds. The van der Waals surface area contributed by atoms with E-state index >= 15 is 0 Å². The van der Waals surface area contributed by atoms with Crippen LogP contribution in [0.15, 0.2) is 53.1 Å². The number of halogens is 1. The van der Waals surface area contributed by atoms with Crippen molar-refractivity contribution in [3.05, 3.63) is 65.8 Å². The van der Waals surface area contributed by atoms with Crippen molar-refractivity contribution in [1.82, 2.24) is 15.1 Å². The molecule has 1 saturated carbocycles. The van der Waals surface area contributed by atoms with E-state index in [0.717, 1.165) is 17.3 Å². The summed E-state index contributed by atoms with van der Waals surface area (Å²) in [7, 11) is 1.92. The summed E-state index contributed by atoms with van der Waals surface area (Å²) < 4.78 is 21.0. The number of hydrogen-bond donors (Lipinski definition) is 1. The number of aromatic nitrogens is 2. The van der Waals surface area contributed by atoms with Crippen molar-refractivity contribution in [3.8, 4) is 0 Å². The lowest BCUT2D eigenvalue weighted by molar-refractivity contribution is -0.123. The molecule has 1 fully saturated rings. The van der Waals surface area contributed by atoms with Gasteiger partial charge >= 0.3 is 0 Å². The fourth-order valence-electron chi connectivity index (χ4n) is 3.88. The number of fused-ring (bicyclic) bond motifs is 2. The Balaban J connectivity index is 1.29. The molecule has 5 rings (SSSR count). The van der Waals surface area contributed by atoms with Crippen LogP contribution < -0.4 is 5.32 Å². The van der Waals surface area contributed by atoms with Crippen LogP contribution in [0.4, 0.5) is 4.39 Å². The molecule has 0 saturated heterocycles. The third kappa shape index (κ3) is 2.85. The summed E-state index contributed by atoms with van der Waals surface area (Å²) in [5.74, 6) is 0.547. The summed E-state index contributed by atoms with van der Waals surface area (Å²) in [6.07, 6.45) is 2.68. The summed E-state index contributed by atoms with van der Waals surface area (Å²) in [5, 5.41) is 9.10. The first-order valence-electron chi connectivity index (χ1n) is 9.40. The molecule has 5 nitrogen and oxygen atoms in total. The Morgan fingerprint density at radius 1 is 1.25 bits per heavy atom. The molecular formula is C22H20FN3O2. The molecular weight excluding hydrogens is 357 g/mol. The van der Waals surface area contributed by atoms with Crippen LogP contribution in [0.1, 0.15) is 36.6 Å². The van der Waals surface area contributed by atoms with Gasteiger partial charge in [-0.15, -0.1) is 0 Å². The Morgan fingerprint density at radius 3 is 2.96 bits per heavy atom. The first-order chi connectivity index (χ1) is 13.5. The number of amides is 1. The topological polar surface area (TPSA) is 60.1 Å². The second-order valence-corrected chi connectivity index (χ2v) is 7.60. The van der Waals surface area contributed by atoms with Crippen LogP contribution >= 0.6 is 0 Å². The standard InChI is InChI=1S/C22H20FN3O2/c1-12(21-9-15-7-16(23)5-6-20(15)28-21)25-22(27)18-10-17(18)13-3-4-14-11-24-26(2)19(14)8-13/h3-9,11-12,17-18H,10H2,1-2H3,(H,25,27)/t12?,17-,18+/m1/s1. The van der Waals surface area contributed by atoms with E-state index < -0.39 is 0 Å². The predicted molar refractivity (Wildman–Crippen MR) is 104 cm³/mol. The van der Waals surface area contributed by atoms with Crippen LogP contribution in [0.3, 0.4) is 0 Å². The normalized spacial score (nSPS) is 19.8. The van der Waals surface area contributed by atoms with E-state index in [1.54, 1.807) is 12.1 Å². The van der Waals surface area contributed by atoms with E-state index in [2.05, 4.69) is 28.6 Å². The second-order valence-electron chi connectivity index (χ2n) is 7.60. The highest BCUT2D eigenvalue weighted by Crippen LogP contribution is 2.48. The maximum Gasteiger partial charge on any atom is 0.224 e. The number of hydrogen-bond acceptors (Lipinski definition) is 3. The monoisotopic (exact) mass is 377 g/mol. The molecule has 6 heteroatoms. The van der Waals surface area contributed by atoms with Crippen molar-refractivity contribution in [2.75, 3.05) is 0 Å². The molecule has 0 bridgehead atoms. The Kier molecular flexibility index (Phi) is 3.75. The van der Waals surface area contributed by atoms with Crippen LogP contribution in [0, 0.1) is 11.7 Å². The predicted octanol–water partition coefficient (Wildman–Crippen LogP) is 4.44. The summed E-state index contributed by atoms with van der Waals surface area (Å²) in [6, 6.07) is 12.2. The lowest BCUT2D eigenvalue weighted by Crippen LogP contribution is -2.28. The molecule has 4 aromatic rings. The number of nitrogens with one attached hydrogen (secondary N) is 1. The molecule has 28 heavy (non-hydrogen) atoms. The van der Waals surface area contributed by atoms with E-state index in [4.69, 9.17) is 4.42 Å². The van der Waals surface area contributed by atoms with Gasteiger partial charge in [0.1, 0.15) is 17.2 Å². The highest BCUT2D eigenvalue weighted by molar-refractivity contribution is 5.85. The van der Waals surface area contributed by atoms with Gasteiger partial charge in [0.05, 0.1) is 17.8 Å². The van der Waals surface area contributed by atoms with E-state index in [1.165, 1.54) is 17.7 Å². The third-order valence-electron chi connectivity index (χ3n) is 5.61. The van der Waals surface area contributed by atoms with Crippen molar-refractivity contribution < 1.29 is 13.6 Å². The fraction of sp³-hybridized carbons (Fsp3) is 0.273. The molecule has 1 unspecified atom stereocenters. The molecule has 1 N–H and O–H groups in total. The number of furan rings is 1. The zero-order valence-corrected chi connectivity index (χ0v) is 15.6. The van der Waals surface area contributed by atoms with Crippen molar-refractivity contribution in [2.45, 2.75) is 25.3 Å².